The molecular weight excluding hydrogens is 398 g/mol. The second-order valence-electron chi connectivity index (χ2n) is 8.35. The van der Waals surface area contributed by atoms with E-state index in [-0.39, 0.29) is 11.9 Å². The minimum absolute atomic E-state index is 0.0324. The number of carbonyl (C=O) groups is 2. The minimum Gasteiger partial charge on any atom is -0.465 e. The van der Waals surface area contributed by atoms with Gasteiger partial charge in [0.05, 0.1) is 38.9 Å². The zero-order valence-corrected chi connectivity index (χ0v) is 18.5. The average molecular weight is 429 g/mol. The number of hydrogen-bond acceptors (Lipinski definition) is 5. The first-order valence-corrected chi connectivity index (χ1v) is 11.5. The number of methoxy groups -OCH3 is 1. The van der Waals surface area contributed by atoms with Crippen molar-refractivity contribution in [3.05, 3.63) is 46.3 Å². The summed E-state index contributed by atoms with van der Waals surface area (Å²) < 4.78 is 5.02. The van der Waals surface area contributed by atoms with Crippen LogP contribution in [0.15, 0.2) is 30.3 Å². The first-order chi connectivity index (χ1) is 14.5. The number of benzene rings is 1. The molecule has 1 aliphatic carbocycles. The number of piperazine rings is 1. The summed E-state index contributed by atoms with van der Waals surface area (Å²) >= 11 is 1.55. The van der Waals surface area contributed by atoms with E-state index in [1.165, 1.54) is 22.6 Å². The van der Waals surface area contributed by atoms with Crippen LogP contribution in [0.2, 0.25) is 0 Å². The highest BCUT2D eigenvalue weighted by atomic mass is 32.1. The number of carbonyl (C=O) groups excluding carboxylic acids is 2. The van der Waals surface area contributed by atoms with Gasteiger partial charge >= 0.3 is 5.97 Å². The van der Waals surface area contributed by atoms with Crippen molar-refractivity contribution in [2.75, 3.05) is 50.1 Å². The molecule has 0 unspecified atom stereocenters. The minimum atomic E-state index is -0.346. The Hall–Kier alpha value is -2.38. The molecule has 0 spiro atoms. The summed E-state index contributed by atoms with van der Waals surface area (Å²) in [6.45, 7) is 6.37. The van der Waals surface area contributed by atoms with Gasteiger partial charge in [0.1, 0.15) is 5.00 Å². The number of amides is 1. The van der Waals surface area contributed by atoms with Gasteiger partial charge in [0, 0.05) is 10.6 Å². The highest BCUT2D eigenvalue weighted by molar-refractivity contribution is 7.17. The topological polar surface area (TPSA) is 63.1 Å². The van der Waals surface area contributed by atoms with Crippen LogP contribution >= 0.6 is 11.3 Å². The van der Waals surface area contributed by atoms with Gasteiger partial charge in [-0.25, -0.2) is 4.79 Å². The molecule has 2 aliphatic rings. The number of nitrogens with one attached hydrogen (secondary N) is 2. The lowest BCUT2D eigenvalue weighted by Gasteiger charge is -2.33. The fourth-order valence-electron chi connectivity index (χ4n) is 4.45. The molecule has 2 heterocycles. The second-order valence-corrected chi connectivity index (χ2v) is 9.45. The van der Waals surface area contributed by atoms with Crippen LogP contribution in [0.5, 0.6) is 0 Å². The predicted molar refractivity (Wildman–Crippen MR) is 120 cm³/mol. The van der Waals surface area contributed by atoms with Crippen molar-refractivity contribution in [1.29, 1.82) is 0 Å². The number of quaternary nitrogens is 1. The Balaban J connectivity index is 1.38. The van der Waals surface area contributed by atoms with Crippen molar-refractivity contribution >= 4 is 33.9 Å². The molecule has 1 saturated heterocycles. The Bertz CT molecular complexity index is 904. The van der Waals surface area contributed by atoms with Crippen LogP contribution in [0.1, 0.15) is 34.1 Å². The van der Waals surface area contributed by atoms with E-state index in [1.807, 2.05) is 6.07 Å². The number of nitrogens with zero attached hydrogens (tertiary/aromatic N) is 1. The number of rotatable bonds is 5. The molecule has 1 atom stereocenters. The Morgan fingerprint density at radius 1 is 1.23 bits per heavy atom. The van der Waals surface area contributed by atoms with Gasteiger partial charge in [-0.1, -0.05) is 25.1 Å². The van der Waals surface area contributed by atoms with Gasteiger partial charge in [-0.05, 0) is 42.9 Å². The molecule has 1 amide bonds. The molecule has 2 aromatic rings. The third-order valence-corrected chi connectivity index (χ3v) is 7.33. The molecule has 2 N–H and O–H groups in total. The van der Waals surface area contributed by atoms with Crippen molar-refractivity contribution in [3.63, 3.8) is 0 Å². The molecule has 4 rings (SSSR count). The summed E-state index contributed by atoms with van der Waals surface area (Å²) in [6.07, 6.45) is 2.91. The van der Waals surface area contributed by atoms with Gasteiger partial charge in [-0.2, -0.15) is 0 Å². The summed E-state index contributed by atoms with van der Waals surface area (Å²) in [6, 6.07) is 10.4. The molecular formula is C23H30N3O3S+. The van der Waals surface area contributed by atoms with Gasteiger partial charge < -0.3 is 19.9 Å². The summed E-state index contributed by atoms with van der Waals surface area (Å²) in [4.78, 5) is 30.0. The highest BCUT2D eigenvalue weighted by Gasteiger charge is 2.30. The average Bonchev–Trinajstić information content (AvgIpc) is 3.10. The smallest absolute Gasteiger partial charge is 0.341 e. The zero-order valence-electron chi connectivity index (χ0n) is 17.7. The summed E-state index contributed by atoms with van der Waals surface area (Å²) in [5, 5.41) is 3.69. The maximum atomic E-state index is 12.8. The van der Waals surface area contributed by atoms with Crippen molar-refractivity contribution in [2.24, 2.45) is 5.92 Å². The summed E-state index contributed by atoms with van der Waals surface area (Å²) in [5.41, 5.74) is 2.88. The van der Waals surface area contributed by atoms with Crippen molar-refractivity contribution in [2.45, 2.75) is 26.2 Å². The number of thiophene rings is 1. The van der Waals surface area contributed by atoms with Crippen LogP contribution in [0, 0.1) is 5.92 Å². The molecule has 1 fully saturated rings. The quantitative estimate of drug-likeness (QED) is 0.715. The molecule has 0 saturated carbocycles. The SMILES string of the molecule is COC(=O)c1c(NC(=O)C[NH+]2CCN(c3ccccc3)CC2)sc2c1CC[C@H](C)C2. The Labute approximate surface area is 181 Å². The van der Waals surface area contributed by atoms with Crippen molar-refractivity contribution in [1.82, 2.24) is 0 Å². The number of para-hydroxylation sites is 1. The van der Waals surface area contributed by atoms with Crippen LogP contribution in [0.25, 0.3) is 0 Å². The van der Waals surface area contributed by atoms with Crippen LogP contribution in [0.3, 0.4) is 0 Å². The van der Waals surface area contributed by atoms with E-state index >= 15 is 0 Å². The largest absolute Gasteiger partial charge is 0.465 e. The first kappa shape index (κ1) is 20.9. The van der Waals surface area contributed by atoms with Crippen LogP contribution < -0.4 is 15.1 Å². The summed E-state index contributed by atoms with van der Waals surface area (Å²) in [5.74, 6) is 0.228. The zero-order chi connectivity index (χ0) is 21.1. The van der Waals surface area contributed by atoms with Gasteiger partial charge in [-0.3, -0.25) is 4.79 Å². The molecule has 0 radical (unpaired) electrons. The van der Waals surface area contributed by atoms with Gasteiger partial charge in [0.15, 0.2) is 6.54 Å². The molecule has 30 heavy (non-hydrogen) atoms. The van der Waals surface area contributed by atoms with Gasteiger partial charge in [0.25, 0.3) is 5.91 Å². The normalized spacial score (nSPS) is 19.3. The molecule has 1 aliphatic heterocycles. The van der Waals surface area contributed by atoms with Crippen molar-refractivity contribution < 1.29 is 19.2 Å². The van der Waals surface area contributed by atoms with Crippen LogP contribution in [-0.4, -0.2) is 51.7 Å². The lowest BCUT2D eigenvalue weighted by atomic mass is 9.88. The molecule has 160 valence electrons. The summed E-state index contributed by atoms with van der Waals surface area (Å²) in [7, 11) is 1.40. The second kappa shape index (κ2) is 9.18. The van der Waals surface area contributed by atoms with Crippen LogP contribution in [-0.2, 0) is 22.4 Å². The predicted octanol–water partition coefficient (Wildman–Crippen LogP) is 2.00. The fourth-order valence-corrected chi connectivity index (χ4v) is 5.87. The van der Waals surface area contributed by atoms with Crippen molar-refractivity contribution in [3.8, 4) is 0 Å². The fraction of sp³-hybridized carbons (Fsp3) is 0.478. The highest BCUT2D eigenvalue weighted by Crippen LogP contribution is 2.39. The Morgan fingerprint density at radius 3 is 2.67 bits per heavy atom. The van der Waals surface area contributed by atoms with Gasteiger partial charge in [0.2, 0.25) is 0 Å². The third-order valence-electron chi connectivity index (χ3n) is 6.16. The molecule has 1 aromatic carbocycles. The van der Waals surface area contributed by atoms with E-state index in [1.54, 1.807) is 11.3 Å². The van der Waals surface area contributed by atoms with Gasteiger partial charge in [-0.15, -0.1) is 11.3 Å². The van der Waals surface area contributed by atoms with E-state index in [0.29, 0.717) is 23.0 Å². The number of anilines is 2. The van der Waals surface area contributed by atoms with E-state index in [4.69, 9.17) is 4.74 Å². The molecule has 6 nitrogen and oxygen atoms in total. The molecule has 1 aromatic heterocycles. The monoisotopic (exact) mass is 428 g/mol. The van der Waals surface area contributed by atoms with E-state index < -0.39 is 0 Å². The maximum absolute atomic E-state index is 12.8. The maximum Gasteiger partial charge on any atom is 0.341 e. The Morgan fingerprint density at radius 2 is 1.97 bits per heavy atom. The van der Waals surface area contributed by atoms with E-state index in [0.717, 1.165) is 51.0 Å². The van der Waals surface area contributed by atoms with Crippen LogP contribution in [0.4, 0.5) is 10.7 Å². The lowest BCUT2D eigenvalue weighted by molar-refractivity contribution is -0.892. The molecule has 7 heteroatoms. The van der Waals surface area contributed by atoms with E-state index in [9.17, 15) is 9.59 Å². The molecule has 0 bridgehead atoms. The number of ether oxygens (including phenoxy) is 1. The Kier molecular flexibility index (Phi) is 6.39. The number of hydrogen-bond donors (Lipinski definition) is 2. The number of esters is 1. The first-order valence-electron chi connectivity index (χ1n) is 10.7. The van der Waals surface area contributed by atoms with E-state index in [2.05, 4.69) is 41.4 Å². The lowest BCUT2D eigenvalue weighted by Crippen LogP contribution is -3.15. The third kappa shape index (κ3) is 4.52. The number of fused-ring (bicyclic) bond motifs is 1. The standard InChI is InChI=1S/C23H29N3O3S/c1-16-8-9-18-19(14-16)30-22(21(18)23(28)29-2)24-20(27)15-25-10-12-26(13-11-25)17-6-4-3-5-7-17/h3-7,16H,8-15H2,1-2H3,(H,24,27)/p+1/t16-/m0/s1.